The van der Waals surface area contributed by atoms with Gasteiger partial charge in [-0.15, -0.1) is 0 Å². The van der Waals surface area contributed by atoms with Crippen molar-refractivity contribution in [1.29, 1.82) is 0 Å². The summed E-state index contributed by atoms with van der Waals surface area (Å²) in [6.07, 6.45) is 2.52. The van der Waals surface area contributed by atoms with E-state index in [2.05, 4.69) is 26.0 Å². The van der Waals surface area contributed by atoms with Gasteiger partial charge in [0.1, 0.15) is 11.5 Å². The van der Waals surface area contributed by atoms with E-state index in [-0.39, 0.29) is 12.0 Å². The highest BCUT2D eigenvalue weighted by Crippen LogP contribution is 2.30. The number of carbonyl (C=O) groups is 1. The molecule has 0 saturated heterocycles. The Balaban J connectivity index is 1.76. The predicted octanol–water partition coefficient (Wildman–Crippen LogP) is 6.55. The fourth-order valence-corrected chi connectivity index (χ4v) is 4.01. The van der Waals surface area contributed by atoms with Crippen LogP contribution in [0.3, 0.4) is 0 Å². The third kappa shape index (κ3) is 6.88. The van der Waals surface area contributed by atoms with E-state index >= 15 is 0 Å². The molecule has 1 atom stereocenters. The van der Waals surface area contributed by atoms with E-state index in [4.69, 9.17) is 13.9 Å². The van der Waals surface area contributed by atoms with E-state index in [1.807, 2.05) is 55.1 Å². The Kier molecular flexibility index (Phi) is 8.58. The molecular formula is C28H35NO4. The summed E-state index contributed by atoms with van der Waals surface area (Å²) < 4.78 is 16.5. The standard InChI is InChI=1S/C28H35NO4/c1-20(2)26(23-10-14-24(31-5)15-11-23)16-17-29(28(30)27-7-6-18-32-27)19-22-8-12-25(13-9-22)33-21(3)4/h6-15,18,20-21,26H,16-17,19H2,1-5H3/t26-/m0/s1. The molecule has 1 heterocycles. The number of nitrogens with zero attached hydrogens (tertiary/aromatic N) is 1. The number of methoxy groups -OCH3 is 1. The van der Waals surface area contributed by atoms with Crippen LogP contribution >= 0.6 is 0 Å². The number of hydrogen-bond acceptors (Lipinski definition) is 4. The lowest BCUT2D eigenvalue weighted by atomic mass is 9.85. The minimum absolute atomic E-state index is 0.0975. The van der Waals surface area contributed by atoms with Crippen molar-refractivity contribution in [2.24, 2.45) is 5.92 Å². The maximum absolute atomic E-state index is 13.2. The molecule has 0 aliphatic carbocycles. The molecule has 0 N–H and O–H groups in total. The Bertz CT molecular complexity index is 976. The molecule has 0 aliphatic rings. The van der Waals surface area contributed by atoms with Gasteiger partial charge in [0.15, 0.2) is 5.76 Å². The first kappa shape index (κ1) is 24.4. The van der Waals surface area contributed by atoms with Crippen LogP contribution in [0, 0.1) is 5.92 Å². The number of furan rings is 1. The first-order chi connectivity index (χ1) is 15.9. The maximum Gasteiger partial charge on any atom is 0.289 e. The van der Waals surface area contributed by atoms with Gasteiger partial charge in [-0.1, -0.05) is 38.1 Å². The van der Waals surface area contributed by atoms with Gasteiger partial charge in [-0.3, -0.25) is 4.79 Å². The van der Waals surface area contributed by atoms with E-state index in [0.717, 1.165) is 23.5 Å². The predicted molar refractivity (Wildman–Crippen MR) is 131 cm³/mol. The molecule has 3 aromatic rings. The minimum atomic E-state index is -0.0975. The molecule has 0 saturated carbocycles. The number of ether oxygens (including phenoxy) is 2. The van der Waals surface area contributed by atoms with Crippen molar-refractivity contribution in [2.75, 3.05) is 13.7 Å². The van der Waals surface area contributed by atoms with Gasteiger partial charge < -0.3 is 18.8 Å². The van der Waals surface area contributed by atoms with Crippen LogP contribution in [0.4, 0.5) is 0 Å². The molecule has 0 aliphatic heterocycles. The van der Waals surface area contributed by atoms with Crippen molar-refractivity contribution in [2.45, 2.75) is 52.7 Å². The van der Waals surface area contributed by atoms with Crippen LogP contribution in [0.2, 0.25) is 0 Å². The molecule has 0 bridgehead atoms. The van der Waals surface area contributed by atoms with Crippen molar-refractivity contribution in [3.63, 3.8) is 0 Å². The van der Waals surface area contributed by atoms with Gasteiger partial charge in [0.25, 0.3) is 5.91 Å². The SMILES string of the molecule is COc1ccc([C@@H](CCN(Cc2ccc(OC(C)C)cc2)C(=O)c2ccco2)C(C)C)cc1. The third-order valence-electron chi connectivity index (χ3n) is 5.75. The molecule has 0 spiro atoms. The molecule has 1 aromatic heterocycles. The fraction of sp³-hybridized carbons (Fsp3) is 0.393. The lowest BCUT2D eigenvalue weighted by Crippen LogP contribution is -2.32. The zero-order valence-corrected chi connectivity index (χ0v) is 20.3. The summed E-state index contributed by atoms with van der Waals surface area (Å²) in [6, 6.07) is 19.7. The second-order valence-corrected chi connectivity index (χ2v) is 8.93. The Hall–Kier alpha value is -3.21. The smallest absolute Gasteiger partial charge is 0.289 e. The lowest BCUT2D eigenvalue weighted by molar-refractivity contribution is 0.0702. The largest absolute Gasteiger partial charge is 0.497 e. The topological polar surface area (TPSA) is 51.9 Å². The van der Waals surface area contributed by atoms with Gasteiger partial charge in [0.05, 0.1) is 19.5 Å². The highest BCUT2D eigenvalue weighted by atomic mass is 16.5. The molecule has 33 heavy (non-hydrogen) atoms. The zero-order chi connectivity index (χ0) is 23.8. The summed E-state index contributed by atoms with van der Waals surface area (Å²) >= 11 is 0. The van der Waals surface area contributed by atoms with Gasteiger partial charge in [0, 0.05) is 13.1 Å². The number of benzene rings is 2. The molecule has 3 rings (SSSR count). The Morgan fingerprint density at radius 1 is 0.939 bits per heavy atom. The van der Waals surface area contributed by atoms with E-state index in [0.29, 0.717) is 30.7 Å². The molecular weight excluding hydrogens is 414 g/mol. The normalized spacial score (nSPS) is 12.1. The second kappa shape index (κ2) is 11.6. The van der Waals surface area contributed by atoms with Gasteiger partial charge >= 0.3 is 0 Å². The summed E-state index contributed by atoms with van der Waals surface area (Å²) in [7, 11) is 1.68. The van der Waals surface area contributed by atoms with Crippen molar-refractivity contribution in [3.8, 4) is 11.5 Å². The number of carbonyl (C=O) groups excluding carboxylic acids is 1. The molecule has 1 amide bonds. The van der Waals surface area contributed by atoms with Crippen LogP contribution in [0.25, 0.3) is 0 Å². The molecule has 0 fully saturated rings. The monoisotopic (exact) mass is 449 g/mol. The van der Waals surface area contributed by atoms with Gasteiger partial charge in [-0.05, 0) is 79.6 Å². The van der Waals surface area contributed by atoms with Crippen LogP contribution in [-0.4, -0.2) is 30.6 Å². The van der Waals surface area contributed by atoms with Crippen LogP contribution in [0.1, 0.15) is 61.7 Å². The van der Waals surface area contributed by atoms with E-state index in [9.17, 15) is 4.79 Å². The maximum atomic E-state index is 13.2. The quantitative estimate of drug-likeness (QED) is 0.333. The molecule has 176 valence electrons. The highest BCUT2D eigenvalue weighted by Gasteiger charge is 2.22. The summed E-state index contributed by atoms with van der Waals surface area (Å²) in [5.41, 5.74) is 2.31. The fourth-order valence-electron chi connectivity index (χ4n) is 4.01. The molecule has 0 radical (unpaired) electrons. The lowest BCUT2D eigenvalue weighted by Gasteiger charge is -2.27. The number of hydrogen-bond donors (Lipinski definition) is 0. The summed E-state index contributed by atoms with van der Waals surface area (Å²) in [5, 5.41) is 0. The Morgan fingerprint density at radius 2 is 1.61 bits per heavy atom. The van der Waals surface area contributed by atoms with Gasteiger partial charge in [-0.25, -0.2) is 0 Å². The highest BCUT2D eigenvalue weighted by molar-refractivity contribution is 5.91. The number of amides is 1. The first-order valence-electron chi connectivity index (χ1n) is 11.6. The molecule has 2 aromatic carbocycles. The molecule has 5 heteroatoms. The van der Waals surface area contributed by atoms with Crippen LogP contribution < -0.4 is 9.47 Å². The summed E-state index contributed by atoms with van der Waals surface area (Å²) in [4.78, 5) is 15.1. The minimum Gasteiger partial charge on any atom is -0.497 e. The van der Waals surface area contributed by atoms with Gasteiger partial charge in [-0.2, -0.15) is 0 Å². The van der Waals surface area contributed by atoms with Crippen molar-refractivity contribution in [3.05, 3.63) is 83.8 Å². The van der Waals surface area contributed by atoms with Gasteiger partial charge in [0.2, 0.25) is 0 Å². The van der Waals surface area contributed by atoms with E-state index < -0.39 is 0 Å². The van der Waals surface area contributed by atoms with Crippen LogP contribution in [-0.2, 0) is 6.54 Å². The second-order valence-electron chi connectivity index (χ2n) is 8.93. The first-order valence-corrected chi connectivity index (χ1v) is 11.6. The summed E-state index contributed by atoms with van der Waals surface area (Å²) in [5.74, 6) is 2.70. The molecule has 5 nitrogen and oxygen atoms in total. The van der Waals surface area contributed by atoms with Crippen molar-refractivity contribution < 1.29 is 18.7 Å². The van der Waals surface area contributed by atoms with Crippen LogP contribution in [0.5, 0.6) is 11.5 Å². The third-order valence-corrected chi connectivity index (χ3v) is 5.75. The van der Waals surface area contributed by atoms with E-state index in [1.54, 1.807) is 19.2 Å². The van der Waals surface area contributed by atoms with Crippen molar-refractivity contribution in [1.82, 2.24) is 4.90 Å². The Morgan fingerprint density at radius 3 is 2.15 bits per heavy atom. The summed E-state index contributed by atoms with van der Waals surface area (Å²) in [6.45, 7) is 9.59. The Labute approximate surface area is 197 Å². The van der Waals surface area contributed by atoms with E-state index in [1.165, 1.54) is 11.8 Å². The average Bonchev–Trinajstić information content (AvgIpc) is 3.34. The number of rotatable bonds is 11. The zero-order valence-electron chi connectivity index (χ0n) is 20.3. The molecule has 0 unspecified atom stereocenters. The van der Waals surface area contributed by atoms with Crippen molar-refractivity contribution >= 4 is 5.91 Å². The van der Waals surface area contributed by atoms with Crippen LogP contribution in [0.15, 0.2) is 71.3 Å². The average molecular weight is 450 g/mol.